The van der Waals surface area contributed by atoms with E-state index in [1.54, 1.807) is 18.3 Å². The van der Waals surface area contributed by atoms with Gasteiger partial charge in [0.05, 0.1) is 12.7 Å². The largest absolute Gasteiger partial charge is 0.395 e. The topological polar surface area (TPSA) is 121 Å². The van der Waals surface area contributed by atoms with Gasteiger partial charge in [-0.25, -0.2) is 0 Å². The minimum absolute atomic E-state index is 0.148. The summed E-state index contributed by atoms with van der Waals surface area (Å²) in [6, 6.07) is 25.8. The Kier molecular flexibility index (Phi) is 8.44. The molecule has 9 nitrogen and oxygen atoms in total. The number of aliphatic hydroxyl groups is 2. The van der Waals surface area contributed by atoms with Gasteiger partial charge < -0.3 is 35.6 Å². The van der Waals surface area contributed by atoms with E-state index in [1.165, 1.54) is 4.90 Å². The number of benzene rings is 3. The van der Waals surface area contributed by atoms with Crippen LogP contribution < -0.4 is 20.4 Å². The van der Waals surface area contributed by atoms with Crippen molar-refractivity contribution in [2.24, 2.45) is 0 Å². The molecule has 4 aromatic rings. The van der Waals surface area contributed by atoms with Crippen LogP contribution in [0.15, 0.2) is 91.1 Å². The lowest BCUT2D eigenvalue weighted by Crippen LogP contribution is -2.35. The minimum Gasteiger partial charge on any atom is -0.395 e. The zero-order chi connectivity index (χ0) is 27.9. The molecule has 40 heavy (non-hydrogen) atoms. The third kappa shape index (κ3) is 6.51. The molecular weight excluding hydrogens is 506 g/mol. The Morgan fingerprint density at radius 1 is 0.875 bits per heavy atom. The highest BCUT2D eigenvalue weighted by atomic mass is 16.3. The number of hydrogen-bond acceptors (Lipinski definition) is 6. The molecule has 1 aliphatic rings. The van der Waals surface area contributed by atoms with Crippen LogP contribution in [0.25, 0.3) is 0 Å². The second kappa shape index (κ2) is 12.5. The number of aromatic amines is 1. The van der Waals surface area contributed by atoms with Gasteiger partial charge in [0.2, 0.25) is 0 Å². The molecule has 5 N–H and O–H groups in total. The van der Waals surface area contributed by atoms with Gasteiger partial charge in [0.1, 0.15) is 5.69 Å². The lowest BCUT2D eigenvalue weighted by molar-refractivity contribution is 0.0975. The molecule has 0 spiro atoms. The molecule has 9 heteroatoms. The first-order chi connectivity index (χ1) is 19.5. The quantitative estimate of drug-likeness (QED) is 0.212. The molecule has 2 heterocycles. The Morgan fingerprint density at radius 2 is 1.50 bits per heavy atom. The average Bonchev–Trinajstić information content (AvgIpc) is 3.53. The number of nitrogens with one attached hydrogen (secondary N) is 3. The number of H-pyrrole nitrogens is 1. The molecule has 0 unspecified atom stereocenters. The van der Waals surface area contributed by atoms with Gasteiger partial charge in [0, 0.05) is 59.8 Å². The van der Waals surface area contributed by atoms with E-state index in [2.05, 4.69) is 20.5 Å². The van der Waals surface area contributed by atoms with Crippen molar-refractivity contribution < 1.29 is 19.8 Å². The van der Waals surface area contributed by atoms with Crippen molar-refractivity contribution in [1.82, 2.24) is 4.98 Å². The van der Waals surface area contributed by atoms with Crippen LogP contribution in [0.2, 0.25) is 0 Å². The van der Waals surface area contributed by atoms with E-state index >= 15 is 0 Å². The van der Waals surface area contributed by atoms with Crippen LogP contribution in [-0.2, 0) is 0 Å². The molecule has 0 bridgehead atoms. The molecule has 0 saturated carbocycles. The Hall–Kier alpha value is -4.60. The second-order valence-electron chi connectivity index (χ2n) is 9.73. The number of piperidine rings is 1. The Bertz CT molecular complexity index is 1400. The standard InChI is InChI=1S/C31H33N5O4/c37-21-20-36(31(40)29-2-1-17-32-29)27-13-9-24(10-14-27)33-23-5-7-25(8-6-23)34-30(39)22-3-11-26(12-4-22)35-18-15-28(38)16-19-35/h1-14,17,28,32-33,37-38H,15-16,18-21H2,(H,34,39). The summed E-state index contributed by atoms with van der Waals surface area (Å²) < 4.78 is 0. The summed E-state index contributed by atoms with van der Waals surface area (Å²) in [7, 11) is 0. The highest BCUT2D eigenvalue weighted by Crippen LogP contribution is 2.24. The smallest absolute Gasteiger partial charge is 0.274 e. The first-order valence-electron chi connectivity index (χ1n) is 13.4. The van der Waals surface area contributed by atoms with Crippen molar-refractivity contribution in [1.29, 1.82) is 0 Å². The van der Waals surface area contributed by atoms with Crippen LogP contribution in [0.4, 0.5) is 28.4 Å². The molecule has 0 radical (unpaired) electrons. The Balaban J connectivity index is 1.16. The summed E-state index contributed by atoms with van der Waals surface area (Å²) in [5, 5.41) is 25.4. The van der Waals surface area contributed by atoms with Crippen LogP contribution >= 0.6 is 0 Å². The summed E-state index contributed by atoms with van der Waals surface area (Å²) in [6.07, 6.45) is 2.99. The normalized spacial score (nSPS) is 13.6. The maximum absolute atomic E-state index is 12.8. The summed E-state index contributed by atoms with van der Waals surface area (Å²) in [4.78, 5) is 32.2. The van der Waals surface area contributed by atoms with Crippen molar-refractivity contribution in [2.75, 3.05) is 46.7 Å². The number of carbonyl (C=O) groups is 2. The number of rotatable bonds is 9. The maximum atomic E-state index is 12.8. The van der Waals surface area contributed by atoms with E-state index in [1.807, 2.05) is 72.8 Å². The third-order valence-corrected chi connectivity index (χ3v) is 6.97. The number of aliphatic hydroxyl groups excluding tert-OH is 2. The fourth-order valence-electron chi connectivity index (χ4n) is 4.74. The zero-order valence-corrected chi connectivity index (χ0v) is 22.1. The van der Waals surface area contributed by atoms with E-state index in [-0.39, 0.29) is 31.1 Å². The van der Waals surface area contributed by atoms with Gasteiger partial charge in [-0.2, -0.15) is 0 Å². The van der Waals surface area contributed by atoms with Crippen LogP contribution in [0, 0.1) is 0 Å². The van der Waals surface area contributed by atoms with Crippen molar-refractivity contribution >= 4 is 40.3 Å². The minimum atomic E-state index is -0.218. The van der Waals surface area contributed by atoms with Gasteiger partial charge in [-0.15, -0.1) is 0 Å². The Labute approximate surface area is 233 Å². The van der Waals surface area contributed by atoms with Crippen molar-refractivity contribution in [3.63, 3.8) is 0 Å². The van der Waals surface area contributed by atoms with E-state index in [0.29, 0.717) is 22.6 Å². The highest BCUT2D eigenvalue weighted by Gasteiger charge is 2.19. The molecular formula is C31H33N5O4. The molecule has 1 aromatic heterocycles. The van der Waals surface area contributed by atoms with Gasteiger partial charge in [-0.3, -0.25) is 9.59 Å². The van der Waals surface area contributed by atoms with Crippen LogP contribution in [0.3, 0.4) is 0 Å². The van der Waals surface area contributed by atoms with Gasteiger partial charge in [-0.05, 0) is 97.8 Å². The molecule has 1 saturated heterocycles. The van der Waals surface area contributed by atoms with E-state index < -0.39 is 0 Å². The maximum Gasteiger partial charge on any atom is 0.274 e. The summed E-state index contributed by atoms with van der Waals surface area (Å²) >= 11 is 0. The first kappa shape index (κ1) is 27.0. The van der Waals surface area contributed by atoms with Crippen LogP contribution in [0.5, 0.6) is 0 Å². The van der Waals surface area contributed by atoms with Crippen molar-refractivity contribution in [2.45, 2.75) is 18.9 Å². The second-order valence-corrected chi connectivity index (χ2v) is 9.73. The summed E-state index contributed by atoms with van der Waals surface area (Å²) in [5.74, 6) is -0.394. The molecule has 1 fully saturated rings. The highest BCUT2D eigenvalue weighted by molar-refractivity contribution is 6.05. The predicted molar refractivity (Wildman–Crippen MR) is 158 cm³/mol. The number of nitrogens with zero attached hydrogens (tertiary/aromatic N) is 2. The lowest BCUT2D eigenvalue weighted by atomic mass is 10.1. The molecule has 0 aliphatic carbocycles. The third-order valence-electron chi connectivity index (χ3n) is 6.97. The molecule has 2 amide bonds. The number of anilines is 5. The monoisotopic (exact) mass is 539 g/mol. The summed E-state index contributed by atoms with van der Waals surface area (Å²) in [6.45, 7) is 1.66. The van der Waals surface area contributed by atoms with Crippen LogP contribution in [0.1, 0.15) is 33.7 Å². The summed E-state index contributed by atoms with van der Waals surface area (Å²) in [5.41, 5.74) is 5.13. The van der Waals surface area contributed by atoms with Crippen LogP contribution in [-0.4, -0.2) is 59.4 Å². The Morgan fingerprint density at radius 3 is 2.10 bits per heavy atom. The number of hydrogen-bond donors (Lipinski definition) is 5. The van der Waals surface area contributed by atoms with E-state index in [4.69, 9.17) is 0 Å². The van der Waals surface area contributed by atoms with Gasteiger partial charge in [0.15, 0.2) is 0 Å². The number of amides is 2. The van der Waals surface area contributed by atoms with Crippen molar-refractivity contribution in [3.8, 4) is 0 Å². The molecule has 3 aromatic carbocycles. The van der Waals surface area contributed by atoms with Gasteiger partial charge in [-0.1, -0.05) is 0 Å². The molecule has 0 atom stereocenters. The lowest BCUT2D eigenvalue weighted by Gasteiger charge is -2.31. The van der Waals surface area contributed by atoms with Gasteiger partial charge >= 0.3 is 0 Å². The van der Waals surface area contributed by atoms with Crippen molar-refractivity contribution in [3.05, 3.63) is 102 Å². The molecule has 5 rings (SSSR count). The SMILES string of the molecule is O=C(Nc1ccc(Nc2ccc(N(CCO)C(=O)c3ccc[nH]3)cc2)cc1)c1ccc(N2CCC(O)CC2)cc1. The van der Waals surface area contributed by atoms with E-state index in [0.717, 1.165) is 43.0 Å². The number of carbonyl (C=O) groups excluding carboxylic acids is 2. The zero-order valence-electron chi connectivity index (χ0n) is 22.1. The first-order valence-corrected chi connectivity index (χ1v) is 13.4. The number of aromatic nitrogens is 1. The average molecular weight is 540 g/mol. The fourth-order valence-corrected chi connectivity index (χ4v) is 4.74. The molecule has 1 aliphatic heterocycles. The molecule has 206 valence electrons. The van der Waals surface area contributed by atoms with Gasteiger partial charge in [0.25, 0.3) is 11.8 Å². The van der Waals surface area contributed by atoms with E-state index in [9.17, 15) is 19.8 Å². The fraction of sp³-hybridized carbons (Fsp3) is 0.226. The predicted octanol–water partition coefficient (Wildman–Crippen LogP) is 4.61.